The van der Waals surface area contributed by atoms with Crippen LogP contribution < -0.4 is 15.8 Å². The van der Waals surface area contributed by atoms with Crippen molar-refractivity contribution in [2.75, 3.05) is 18.0 Å². The number of nitrogens with zero attached hydrogens (tertiary/aromatic N) is 1. The SMILES string of the molecule is CC(N)C1CCN(c2ccccc2S(N)(=O)=O)CC1. The summed E-state index contributed by atoms with van der Waals surface area (Å²) in [5.74, 6) is 0.512. The van der Waals surface area contributed by atoms with Crippen molar-refractivity contribution >= 4 is 15.7 Å². The molecule has 1 fully saturated rings. The molecular formula is C13H21N3O2S. The van der Waals surface area contributed by atoms with Gasteiger partial charge in [0.1, 0.15) is 4.90 Å². The molecule has 2 rings (SSSR count). The van der Waals surface area contributed by atoms with Crippen LogP contribution in [0.25, 0.3) is 0 Å². The highest BCUT2D eigenvalue weighted by molar-refractivity contribution is 7.89. The minimum Gasteiger partial charge on any atom is -0.370 e. The fourth-order valence-electron chi connectivity index (χ4n) is 2.63. The van der Waals surface area contributed by atoms with Crippen LogP contribution in [0.4, 0.5) is 5.69 Å². The number of hydrogen-bond donors (Lipinski definition) is 2. The van der Waals surface area contributed by atoms with Crippen LogP contribution in [-0.4, -0.2) is 27.5 Å². The van der Waals surface area contributed by atoms with E-state index in [1.165, 1.54) is 0 Å². The van der Waals surface area contributed by atoms with Crippen LogP contribution >= 0.6 is 0 Å². The number of nitrogens with two attached hydrogens (primary N) is 2. The van der Waals surface area contributed by atoms with Crippen molar-refractivity contribution in [1.29, 1.82) is 0 Å². The van der Waals surface area contributed by atoms with E-state index in [9.17, 15) is 8.42 Å². The van der Waals surface area contributed by atoms with Crippen molar-refractivity contribution in [3.05, 3.63) is 24.3 Å². The molecular weight excluding hydrogens is 262 g/mol. The zero-order valence-electron chi connectivity index (χ0n) is 11.1. The summed E-state index contributed by atoms with van der Waals surface area (Å²) in [5.41, 5.74) is 6.62. The maximum absolute atomic E-state index is 11.6. The number of benzene rings is 1. The van der Waals surface area contributed by atoms with E-state index in [-0.39, 0.29) is 10.9 Å². The Morgan fingerprint density at radius 1 is 1.26 bits per heavy atom. The summed E-state index contributed by atoms with van der Waals surface area (Å²) < 4.78 is 23.2. The molecule has 1 aliphatic heterocycles. The van der Waals surface area contributed by atoms with Crippen molar-refractivity contribution in [1.82, 2.24) is 0 Å². The summed E-state index contributed by atoms with van der Waals surface area (Å²) >= 11 is 0. The van der Waals surface area contributed by atoms with Gasteiger partial charge in [0, 0.05) is 19.1 Å². The molecule has 0 saturated carbocycles. The summed E-state index contributed by atoms with van der Waals surface area (Å²) in [5, 5.41) is 5.27. The van der Waals surface area contributed by atoms with Gasteiger partial charge < -0.3 is 10.6 Å². The molecule has 0 amide bonds. The minimum atomic E-state index is -3.68. The van der Waals surface area contributed by atoms with E-state index in [1.807, 2.05) is 19.1 Å². The van der Waals surface area contributed by atoms with E-state index in [0.29, 0.717) is 11.6 Å². The van der Waals surface area contributed by atoms with Crippen LogP contribution in [0, 0.1) is 5.92 Å². The Morgan fingerprint density at radius 3 is 2.37 bits per heavy atom. The first-order valence-corrected chi connectivity index (χ1v) is 8.06. The van der Waals surface area contributed by atoms with Gasteiger partial charge in [-0.3, -0.25) is 0 Å². The first-order chi connectivity index (χ1) is 8.89. The van der Waals surface area contributed by atoms with Gasteiger partial charge in [-0.1, -0.05) is 12.1 Å². The number of piperidine rings is 1. The lowest BCUT2D eigenvalue weighted by molar-refractivity contribution is 0.354. The lowest BCUT2D eigenvalue weighted by atomic mass is 9.91. The van der Waals surface area contributed by atoms with Crippen molar-refractivity contribution in [3.63, 3.8) is 0 Å². The predicted octanol–water partition coefficient (Wildman–Crippen LogP) is 0.898. The van der Waals surface area contributed by atoms with Crippen molar-refractivity contribution in [3.8, 4) is 0 Å². The summed E-state index contributed by atoms with van der Waals surface area (Å²) in [7, 11) is -3.68. The van der Waals surface area contributed by atoms with E-state index >= 15 is 0 Å². The fourth-order valence-corrected chi connectivity index (χ4v) is 3.38. The Balaban J connectivity index is 2.21. The number of sulfonamides is 1. The van der Waals surface area contributed by atoms with Gasteiger partial charge in [-0.25, -0.2) is 13.6 Å². The maximum Gasteiger partial charge on any atom is 0.240 e. The lowest BCUT2D eigenvalue weighted by Gasteiger charge is -2.35. The minimum absolute atomic E-state index is 0.190. The molecule has 19 heavy (non-hydrogen) atoms. The van der Waals surface area contributed by atoms with E-state index in [2.05, 4.69) is 4.90 Å². The highest BCUT2D eigenvalue weighted by Gasteiger charge is 2.25. The first kappa shape index (κ1) is 14.3. The van der Waals surface area contributed by atoms with Gasteiger partial charge in [0.2, 0.25) is 10.0 Å². The van der Waals surface area contributed by atoms with Crippen LogP contribution in [0.15, 0.2) is 29.2 Å². The molecule has 4 N–H and O–H groups in total. The summed E-state index contributed by atoms with van der Waals surface area (Å²) in [6, 6.07) is 7.09. The Bertz CT molecular complexity index is 535. The molecule has 1 heterocycles. The van der Waals surface area contributed by atoms with E-state index in [4.69, 9.17) is 10.9 Å². The van der Waals surface area contributed by atoms with Crippen LogP contribution in [0.1, 0.15) is 19.8 Å². The van der Waals surface area contributed by atoms with Crippen molar-refractivity contribution in [2.24, 2.45) is 16.8 Å². The predicted molar refractivity (Wildman–Crippen MR) is 76.4 cm³/mol. The molecule has 0 bridgehead atoms. The standard InChI is InChI=1S/C13H21N3O2S/c1-10(14)11-6-8-16(9-7-11)12-4-2-3-5-13(12)19(15,17)18/h2-5,10-11H,6-9,14H2,1H3,(H2,15,17,18). The third-order valence-corrected chi connectivity index (χ3v) is 4.75. The van der Waals surface area contributed by atoms with Crippen LogP contribution in [0.2, 0.25) is 0 Å². The molecule has 1 aliphatic rings. The van der Waals surface area contributed by atoms with Crippen molar-refractivity contribution in [2.45, 2.75) is 30.7 Å². The Labute approximate surface area is 114 Å². The lowest BCUT2D eigenvalue weighted by Crippen LogP contribution is -2.40. The van der Waals surface area contributed by atoms with Gasteiger partial charge in [0.25, 0.3) is 0 Å². The number of para-hydroxylation sites is 1. The largest absolute Gasteiger partial charge is 0.370 e. The molecule has 0 radical (unpaired) electrons. The molecule has 1 aromatic rings. The zero-order chi connectivity index (χ0) is 14.0. The average Bonchev–Trinajstić information content (AvgIpc) is 2.38. The van der Waals surface area contributed by atoms with Gasteiger partial charge in [-0.2, -0.15) is 0 Å². The average molecular weight is 283 g/mol. The normalized spacial score (nSPS) is 19.4. The molecule has 106 valence electrons. The van der Waals surface area contributed by atoms with E-state index in [1.54, 1.807) is 12.1 Å². The summed E-state index contributed by atoms with van der Waals surface area (Å²) in [4.78, 5) is 2.28. The highest BCUT2D eigenvalue weighted by atomic mass is 32.2. The molecule has 1 unspecified atom stereocenters. The maximum atomic E-state index is 11.6. The van der Waals surface area contributed by atoms with Crippen LogP contribution in [0.5, 0.6) is 0 Å². The third kappa shape index (κ3) is 3.26. The third-order valence-electron chi connectivity index (χ3n) is 3.80. The zero-order valence-corrected chi connectivity index (χ0v) is 11.9. The van der Waals surface area contributed by atoms with Crippen molar-refractivity contribution < 1.29 is 8.42 Å². The van der Waals surface area contributed by atoms with Crippen LogP contribution in [0.3, 0.4) is 0 Å². The summed E-state index contributed by atoms with van der Waals surface area (Å²) in [6.07, 6.45) is 1.97. The number of anilines is 1. The topological polar surface area (TPSA) is 89.4 Å². The van der Waals surface area contributed by atoms with Gasteiger partial charge >= 0.3 is 0 Å². The first-order valence-electron chi connectivity index (χ1n) is 6.52. The van der Waals surface area contributed by atoms with Gasteiger partial charge in [0.15, 0.2) is 0 Å². The molecule has 6 heteroatoms. The van der Waals surface area contributed by atoms with E-state index in [0.717, 1.165) is 25.9 Å². The van der Waals surface area contributed by atoms with Crippen LogP contribution in [-0.2, 0) is 10.0 Å². The molecule has 1 saturated heterocycles. The Kier molecular flexibility index (Phi) is 4.13. The fraction of sp³-hybridized carbons (Fsp3) is 0.538. The highest BCUT2D eigenvalue weighted by Crippen LogP contribution is 2.29. The van der Waals surface area contributed by atoms with E-state index < -0.39 is 10.0 Å². The number of hydrogen-bond acceptors (Lipinski definition) is 4. The van der Waals surface area contributed by atoms with Gasteiger partial charge in [-0.05, 0) is 37.8 Å². The Hall–Kier alpha value is -1.11. The Morgan fingerprint density at radius 2 is 1.84 bits per heavy atom. The molecule has 1 aromatic carbocycles. The molecule has 1 atom stereocenters. The van der Waals surface area contributed by atoms with Gasteiger partial charge in [-0.15, -0.1) is 0 Å². The number of rotatable bonds is 3. The van der Waals surface area contributed by atoms with Gasteiger partial charge in [0.05, 0.1) is 5.69 Å². The summed E-state index contributed by atoms with van der Waals surface area (Å²) in [6.45, 7) is 3.66. The molecule has 0 aliphatic carbocycles. The quantitative estimate of drug-likeness (QED) is 0.862. The molecule has 0 aromatic heterocycles. The second kappa shape index (κ2) is 5.48. The number of primary sulfonamides is 1. The second-order valence-corrected chi connectivity index (χ2v) is 6.73. The smallest absolute Gasteiger partial charge is 0.240 e. The molecule has 5 nitrogen and oxygen atoms in total. The monoisotopic (exact) mass is 283 g/mol. The molecule has 0 spiro atoms. The second-order valence-electron chi connectivity index (χ2n) is 5.20.